The summed E-state index contributed by atoms with van der Waals surface area (Å²) in [5.41, 5.74) is 0.503. The summed E-state index contributed by atoms with van der Waals surface area (Å²) in [5, 5.41) is 7.18. The van der Waals surface area contributed by atoms with Crippen LogP contribution in [0.4, 0.5) is 5.69 Å². The van der Waals surface area contributed by atoms with Gasteiger partial charge in [-0.3, -0.25) is 9.59 Å². The van der Waals surface area contributed by atoms with Gasteiger partial charge < -0.3 is 20.1 Å². The lowest BCUT2D eigenvalue weighted by Crippen LogP contribution is -2.24. The standard InChI is InChI=1S/C19H20N2O6S/c1-26-18(24)12-9-13(19(25)27-2)11-14(10-12)21-16(22)6-3-7-20-17(23)15-5-4-8-28-15/h4-5,8-11H,3,6-7H2,1-2H3,(H,20,23)(H,21,22). The minimum absolute atomic E-state index is 0.115. The summed E-state index contributed by atoms with van der Waals surface area (Å²) in [7, 11) is 2.44. The molecule has 0 saturated heterocycles. The van der Waals surface area contributed by atoms with E-state index in [2.05, 4.69) is 20.1 Å². The third-order valence-electron chi connectivity index (χ3n) is 3.67. The van der Waals surface area contributed by atoms with Gasteiger partial charge >= 0.3 is 11.9 Å². The molecule has 9 heteroatoms. The minimum atomic E-state index is -0.641. The van der Waals surface area contributed by atoms with Gasteiger partial charge in [-0.2, -0.15) is 0 Å². The molecule has 0 spiro atoms. The van der Waals surface area contributed by atoms with Crippen LogP contribution in [0, 0.1) is 0 Å². The number of methoxy groups -OCH3 is 2. The van der Waals surface area contributed by atoms with E-state index in [9.17, 15) is 19.2 Å². The van der Waals surface area contributed by atoms with Crippen LogP contribution >= 0.6 is 11.3 Å². The van der Waals surface area contributed by atoms with Gasteiger partial charge in [0.1, 0.15) is 0 Å². The van der Waals surface area contributed by atoms with Gasteiger partial charge in [-0.1, -0.05) is 6.07 Å². The molecule has 148 valence electrons. The van der Waals surface area contributed by atoms with Crippen molar-refractivity contribution in [2.75, 3.05) is 26.1 Å². The van der Waals surface area contributed by atoms with Crippen molar-refractivity contribution in [3.63, 3.8) is 0 Å². The van der Waals surface area contributed by atoms with Gasteiger partial charge in [0.05, 0.1) is 30.2 Å². The highest BCUT2D eigenvalue weighted by Crippen LogP contribution is 2.17. The molecule has 0 unspecified atom stereocenters. The molecule has 2 aromatic rings. The molecule has 0 radical (unpaired) electrons. The molecule has 0 bridgehead atoms. The Balaban J connectivity index is 1.92. The number of rotatable bonds is 8. The first-order valence-electron chi connectivity index (χ1n) is 8.38. The van der Waals surface area contributed by atoms with Crippen LogP contribution in [0.3, 0.4) is 0 Å². The number of nitrogens with one attached hydrogen (secondary N) is 2. The Morgan fingerprint density at radius 2 is 1.64 bits per heavy atom. The van der Waals surface area contributed by atoms with Crippen molar-refractivity contribution in [1.29, 1.82) is 0 Å². The largest absolute Gasteiger partial charge is 0.465 e. The second-order valence-electron chi connectivity index (χ2n) is 5.67. The molecule has 2 rings (SSSR count). The molecule has 0 aliphatic rings. The zero-order chi connectivity index (χ0) is 20.5. The number of amides is 2. The first kappa shape index (κ1) is 21.1. The van der Waals surface area contributed by atoms with Gasteiger partial charge in [0.25, 0.3) is 5.91 Å². The van der Waals surface area contributed by atoms with E-state index < -0.39 is 11.9 Å². The molecule has 1 aromatic heterocycles. The summed E-state index contributed by atoms with van der Waals surface area (Å²) < 4.78 is 9.31. The molecular weight excluding hydrogens is 384 g/mol. The van der Waals surface area contributed by atoms with E-state index in [0.717, 1.165) is 0 Å². The number of benzene rings is 1. The fraction of sp³-hybridized carbons (Fsp3) is 0.263. The van der Waals surface area contributed by atoms with E-state index in [4.69, 9.17) is 0 Å². The third kappa shape index (κ3) is 5.92. The SMILES string of the molecule is COC(=O)c1cc(NC(=O)CCCNC(=O)c2cccs2)cc(C(=O)OC)c1. The Morgan fingerprint density at radius 3 is 2.18 bits per heavy atom. The Labute approximate surface area is 165 Å². The fourth-order valence-corrected chi connectivity index (χ4v) is 2.98. The smallest absolute Gasteiger partial charge is 0.337 e. The third-order valence-corrected chi connectivity index (χ3v) is 4.54. The van der Waals surface area contributed by atoms with Crippen LogP contribution in [0.25, 0.3) is 0 Å². The number of carbonyl (C=O) groups excluding carboxylic acids is 4. The van der Waals surface area contributed by atoms with Gasteiger partial charge in [0, 0.05) is 18.7 Å². The molecule has 28 heavy (non-hydrogen) atoms. The van der Waals surface area contributed by atoms with Crippen LogP contribution in [0.2, 0.25) is 0 Å². The number of anilines is 1. The number of carbonyl (C=O) groups is 4. The summed E-state index contributed by atoms with van der Waals surface area (Å²) in [5.74, 6) is -1.78. The van der Waals surface area contributed by atoms with E-state index in [1.807, 2.05) is 5.38 Å². The molecule has 0 saturated carbocycles. The number of hydrogen-bond donors (Lipinski definition) is 2. The van der Waals surface area contributed by atoms with Crippen LogP contribution in [0.5, 0.6) is 0 Å². The second-order valence-corrected chi connectivity index (χ2v) is 6.61. The maximum atomic E-state index is 12.1. The minimum Gasteiger partial charge on any atom is -0.465 e. The van der Waals surface area contributed by atoms with Crippen LogP contribution in [-0.2, 0) is 14.3 Å². The summed E-state index contributed by atoms with van der Waals surface area (Å²) >= 11 is 1.34. The Bertz CT molecular complexity index is 829. The van der Waals surface area contributed by atoms with Crippen LogP contribution in [0.1, 0.15) is 43.2 Å². The van der Waals surface area contributed by atoms with E-state index in [0.29, 0.717) is 17.8 Å². The average Bonchev–Trinajstić information content (AvgIpc) is 3.24. The van der Waals surface area contributed by atoms with Crippen LogP contribution in [0.15, 0.2) is 35.7 Å². The number of thiophene rings is 1. The molecule has 1 heterocycles. The molecule has 0 aliphatic carbocycles. The zero-order valence-electron chi connectivity index (χ0n) is 15.4. The van der Waals surface area contributed by atoms with Gasteiger partial charge in [-0.05, 0) is 36.1 Å². The van der Waals surface area contributed by atoms with E-state index in [1.54, 1.807) is 12.1 Å². The average molecular weight is 404 g/mol. The van der Waals surface area contributed by atoms with Crippen molar-refractivity contribution in [3.05, 3.63) is 51.7 Å². The first-order valence-corrected chi connectivity index (χ1v) is 9.26. The maximum absolute atomic E-state index is 12.1. The van der Waals surface area contributed by atoms with Crippen LogP contribution < -0.4 is 10.6 Å². The van der Waals surface area contributed by atoms with Gasteiger partial charge in [0.2, 0.25) is 5.91 Å². The van der Waals surface area contributed by atoms with E-state index in [1.165, 1.54) is 43.8 Å². The molecule has 2 amide bonds. The van der Waals surface area contributed by atoms with E-state index >= 15 is 0 Å². The highest BCUT2D eigenvalue weighted by atomic mass is 32.1. The van der Waals surface area contributed by atoms with Crippen molar-refractivity contribution >= 4 is 40.8 Å². The Hall–Kier alpha value is -3.20. The second kappa shape index (κ2) is 10.2. The first-order chi connectivity index (χ1) is 13.4. The van der Waals surface area contributed by atoms with Crippen molar-refractivity contribution < 1.29 is 28.7 Å². The summed E-state index contributed by atoms with van der Waals surface area (Å²) in [6.07, 6.45) is 0.588. The topological polar surface area (TPSA) is 111 Å². The number of ether oxygens (including phenoxy) is 2. The molecule has 0 fully saturated rings. The molecule has 2 N–H and O–H groups in total. The summed E-state index contributed by atoms with van der Waals surface area (Å²) in [6.45, 7) is 0.347. The molecule has 0 atom stereocenters. The quantitative estimate of drug-likeness (QED) is 0.517. The molecule has 0 aliphatic heterocycles. The molecule has 1 aromatic carbocycles. The van der Waals surface area contributed by atoms with Crippen molar-refractivity contribution in [2.24, 2.45) is 0 Å². The van der Waals surface area contributed by atoms with Gasteiger partial charge in [-0.15, -0.1) is 11.3 Å². The van der Waals surface area contributed by atoms with Crippen LogP contribution in [-0.4, -0.2) is 44.5 Å². The van der Waals surface area contributed by atoms with Crippen molar-refractivity contribution in [1.82, 2.24) is 5.32 Å². The predicted molar refractivity (Wildman–Crippen MR) is 104 cm³/mol. The monoisotopic (exact) mass is 404 g/mol. The van der Waals surface area contributed by atoms with E-state index in [-0.39, 0.29) is 35.0 Å². The lowest BCUT2D eigenvalue weighted by atomic mass is 10.1. The molecular formula is C19H20N2O6S. The lowest BCUT2D eigenvalue weighted by molar-refractivity contribution is -0.116. The van der Waals surface area contributed by atoms with Gasteiger partial charge in [-0.25, -0.2) is 9.59 Å². The van der Waals surface area contributed by atoms with Crippen molar-refractivity contribution in [2.45, 2.75) is 12.8 Å². The number of hydrogen-bond acceptors (Lipinski definition) is 7. The fourth-order valence-electron chi connectivity index (χ4n) is 2.34. The molecule has 8 nitrogen and oxygen atoms in total. The Kier molecular flexibility index (Phi) is 7.70. The lowest BCUT2D eigenvalue weighted by Gasteiger charge is -2.10. The van der Waals surface area contributed by atoms with Crippen molar-refractivity contribution in [3.8, 4) is 0 Å². The summed E-state index contributed by atoms with van der Waals surface area (Å²) in [6, 6.07) is 7.66. The maximum Gasteiger partial charge on any atom is 0.337 e. The zero-order valence-corrected chi connectivity index (χ0v) is 16.3. The van der Waals surface area contributed by atoms with Gasteiger partial charge in [0.15, 0.2) is 0 Å². The summed E-state index contributed by atoms with van der Waals surface area (Å²) in [4.78, 5) is 48.1. The number of esters is 2. The normalized spacial score (nSPS) is 10.1. The Morgan fingerprint density at radius 1 is 1.00 bits per heavy atom. The highest BCUT2D eigenvalue weighted by molar-refractivity contribution is 7.12. The highest BCUT2D eigenvalue weighted by Gasteiger charge is 2.15. The predicted octanol–water partition coefficient (Wildman–Crippen LogP) is 2.47.